The van der Waals surface area contributed by atoms with Crippen molar-refractivity contribution in [3.8, 4) is 0 Å². The monoisotopic (exact) mass is 347 g/mol. The normalized spacial score (nSPS) is 23.8. The van der Waals surface area contributed by atoms with Gasteiger partial charge in [0.2, 0.25) is 0 Å². The van der Waals surface area contributed by atoms with Gasteiger partial charge in [-0.05, 0) is 27.7 Å². The highest BCUT2D eigenvalue weighted by atomic mass is 35.5. The molecule has 1 saturated carbocycles. The third-order valence-electron chi connectivity index (χ3n) is 4.12. The highest BCUT2D eigenvalue weighted by Crippen LogP contribution is 2.64. The topological polar surface area (TPSA) is 73.2 Å². The van der Waals surface area contributed by atoms with Gasteiger partial charge in [-0.2, -0.15) is 5.10 Å². The summed E-state index contributed by atoms with van der Waals surface area (Å²) < 4.78 is 5.74. The van der Waals surface area contributed by atoms with Gasteiger partial charge < -0.3 is 10.1 Å². The van der Waals surface area contributed by atoms with Crippen LogP contribution in [0.2, 0.25) is 0 Å². The van der Waals surface area contributed by atoms with Crippen LogP contribution >= 0.6 is 23.2 Å². The molecule has 1 aromatic rings. The van der Waals surface area contributed by atoms with E-state index in [0.29, 0.717) is 17.8 Å². The molecule has 0 radical (unpaired) electrons. The van der Waals surface area contributed by atoms with E-state index in [0.717, 1.165) is 5.69 Å². The molecule has 0 aliphatic heterocycles. The van der Waals surface area contributed by atoms with Crippen LogP contribution in [0.15, 0.2) is 0 Å². The molecule has 8 heteroatoms. The number of carbonyl (C=O) groups is 2. The van der Waals surface area contributed by atoms with Gasteiger partial charge in [-0.15, -0.1) is 23.2 Å². The number of aryl methyl sites for hydroxylation is 2. The molecule has 2 atom stereocenters. The molecule has 1 aromatic heterocycles. The second-order valence-electron chi connectivity index (χ2n) is 5.92. The van der Waals surface area contributed by atoms with E-state index >= 15 is 0 Å². The van der Waals surface area contributed by atoms with Crippen molar-refractivity contribution in [2.24, 2.45) is 12.5 Å². The Morgan fingerprint density at radius 3 is 2.36 bits per heavy atom. The average Bonchev–Trinajstić information content (AvgIpc) is 2.84. The van der Waals surface area contributed by atoms with E-state index in [9.17, 15) is 9.59 Å². The Hall–Kier alpha value is -1.27. The zero-order valence-electron chi connectivity index (χ0n) is 13.2. The van der Waals surface area contributed by atoms with Crippen LogP contribution in [-0.2, 0) is 21.4 Å². The number of alkyl halides is 2. The standard InChI is InChI=1S/C14H19Cl2N3O3/c1-7-10(8(2)19(5)18-7)17-11(20)9(3)22-12(21)13(4)6-14(13,15)16/h9H,6H2,1-5H3,(H,17,20)/t9-,13+/m1/s1. The summed E-state index contributed by atoms with van der Waals surface area (Å²) in [5, 5.41) is 6.94. The minimum absolute atomic E-state index is 0.317. The van der Waals surface area contributed by atoms with Crippen LogP contribution in [0.5, 0.6) is 0 Å². The molecule has 1 aliphatic carbocycles. The zero-order chi connectivity index (χ0) is 16.9. The molecule has 0 unspecified atom stereocenters. The Labute approximate surface area is 139 Å². The predicted molar refractivity (Wildman–Crippen MR) is 84.0 cm³/mol. The predicted octanol–water partition coefficient (Wildman–Crippen LogP) is 2.49. The molecule has 1 N–H and O–H groups in total. The minimum atomic E-state index is -1.11. The summed E-state index contributed by atoms with van der Waals surface area (Å²) in [6.07, 6.45) is -0.634. The van der Waals surface area contributed by atoms with Crippen molar-refractivity contribution in [3.05, 3.63) is 11.4 Å². The number of esters is 1. The van der Waals surface area contributed by atoms with Crippen LogP contribution in [-0.4, -0.2) is 32.1 Å². The maximum absolute atomic E-state index is 12.2. The first-order valence-corrected chi connectivity index (χ1v) is 7.65. The first-order chi connectivity index (χ1) is 9.99. The largest absolute Gasteiger partial charge is 0.452 e. The number of anilines is 1. The number of aromatic nitrogens is 2. The van der Waals surface area contributed by atoms with Crippen LogP contribution in [0.3, 0.4) is 0 Å². The first-order valence-electron chi connectivity index (χ1n) is 6.89. The molecule has 1 aliphatic rings. The number of halogens is 2. The number of hydrogen-bond acceptors (Lipinski definition) is 4. The Morgan fingerprint density at radius 2 is 1.95 bits per heavy atom. The minimum Gasteiger partial charge on any atom is -0.452 e. The second-order valence-corrected chi connectivity index (χ2v) is 7.40. The van der Waals surface area contributed by atoms with E-state index in [1.165, 1.54) is 6.92 Å². The van der Waals surface area contributed by atoms with Gasteiger partial charge in [0.25, 0.3) is 5.91 Å². The number of carbonyl (C=O) groups excluding carboxylic acids is 2. The van der Waals surface area contributed by atoms with E-state index in [-0.39, 0.29) is 0 Å². The molecule has 1 fully saturated rings. The lowest BCUT2D eigenvalue weighted by Crippen LogP contribution is -2.33. The lowest BCUT2D eigenvalue weighted by molar-refractivity contribution is -0.158. The van der Waals surface area contributed by atoms with E-state index in [1.807, 2.05) is 6.92 Å². The van der Waals surface area contributed by atoms with Gasteiger partial charge in [-0.25, -0.2) is 0 Å². The Morgan fingerprint density at radius 1 is 1.41 bits per heavy atom. The molecular formula is C14H19Cl2N3O3. The summed E-state index contributed by atoms with van der Waals surface area (Å²) >= 11 is 11.9. The third kappa shape index (κ3) is 2.82. The van der Waals surface area contributed by atoms with Crippen LogP contribution < -0.4 is 5.32 Å². The van der Waals surface area contributed by atoms with Gasteiger partial charge in [0.05, 0.1) is 17.1 Å². The van der Waals surface area contributed by atoms with Crippen LogP contribution in [0.1, 0.15) is 31.7 Å². The van der Waals surface area contributed by atoms with Crippen LogP contribution in [0.25, 0.3) is 0 Å². The summed E-state index contributed by atoms with van der Waals surface area (Å²) in [5.74, 6) is -0.994. The molecule has 1 heterocycles. The van der Waals surface area contributed by atoms with E-state index in [1.54, 1.807) is 25.6 Å². The number of rotatable bonds is 4. The molecule has 2 rings (SSSR count). The smallest absolute Gasteiger partial charge is 0.315 e. The van der Waals surface area contributed by atoms with Crippen molar-refractivity contribution in [1.82, 2.24) is 9.78 Å². The summed E-state index contributed by atoms with van der Waals surface area (Å²) in [6, 6.07) is 0. The SMILES string of the molecule is Cc1nn(C)c(C)c1NC(=O)[C@@H](C)OC(=O)[C@]1(C)CC1(Cl)Cl. The molecule has 122 valence electrons. The highest BCUT2D eigenvalue weighted by Gasteiger charge is 2.69. The van der Waals surface area contributed by atoms with E-state index in [4.69, 9.17) is 27.9 Å². The number of nitrogens with one attached hydrogen (secondary N) is 1. The van der Waals surface area contributed by atoms with Gasteiger partial charge >= 0.3 is 5.97 Å². The van der Waals surface area contributed by atoms with Gasteiger partial charge in [0, 0.05) is 13.5 Å². The number of nitrogens with zero attached hydrogens (tertiary/aromatic N) is 2. The zero-order valence-corrected chi connectivity index (χ0v) is 14.7. The van der Waals surface area contributed by atoms with Crippen molar-refractivity contribution in [2.45, 2.75) is 44.6 Å². The number of hydrogen-bond donors (Lipinski definition) is 1. The summed E-state index contributed by atoms with van der Waals surface area (Å²) in [6.45, 7) is 6.76. The van der Waals surface area contributed by atoms with Crippen molar-refractivity contribution >= 4 is 40.8 Å². The Bertz CT molecular complexity index is 642. The Kier molecular flexibility index (Phi) is 4.21. The highest BCUT2D eigenvalue weighted by molar-refractivity contribution is 6.53. The lowest BCUT2D eigenvalue weighted by Gasteiger charge is -2.17. The fourth-order valence-electron chi connectivity index (χ4n) is 2.14. The van der Waals surface area contributed by atoms with Crippen molar-refractivity contribution < 1.29 is 14.3 Å². The average molecular weight is 348 g/mol. The van der Waals surface area contributed by atoms with Gasteiger partial charge in [0.1, 0.15) is 9.75 Å². The van der Waals surface area contributed by atoms with Gasteiger partial charge in [-0.1, -0.05) is 0 Å². The number of amides is 1. The lowest BCUT2D eigenvalue weighted by atomic mass is 10.1. The number of ether oxygens (including phenoxy) is 1. The third-order valence-corrected chi connectivity index (χ3v) is 5.22. The van der Waals surface area contributed by atoms with Crippen LogP contribution in [0, 0.1) is 19.3 Å². The molecule has 22 heavy (non-hydrogen) atoms. The second kappa shape index (κ2) is 5.42. The molecule has 0 saturated heterocycles. The van der Waals surface area contributed by atoms with E-state index < -0.39 is 27.7 Å². The Balaban J connectivity index is 2.00. The van der Waals surface area contributed by atoms with E-state index in [2.05, 4.69) is 10.4 Å². The molecule has 1 amide bonds. The quantitative estimate of drug-likeness (QED) is 0.670. The maximum Gasteiger partial charge on any atom is 0.315 e. The maximum atomic E-state index is 12.2. The van der Waals surface area contributed by atoms with Crippen molar-refractivity contribution in [2.75, 3.05) is 5.32 Å². The summed E-state index contributed by atoms with van der Waals surface area (Å²) in [7, 11) is 1.79. The summed E-state index contributed by atoms with van der Waals surface area (Å²) in [5.41, 5.74) is 1.18. The summed E-state index contributed by atoms with van der Waals surface area (Å²) in [4.78, 5) is 24.2. The fraction of sp³-hybridized carbons (Fsp3) is 0.643. The first kappa shape index (κ1) is 17.1. The molecule has 0 aromatic carbocycles. The molecular weight excluding hydrogens is 329 g/mol. The van der Waals surface area contributed by atoms with Crippen molar-refractivity contribution in [3.63, 3.8) is 0 Å². The van der Waals surface area contributed by atoms with Gasteiger partial charge in [-0.3, -0.25) is 14.3 Å². The van der Waals surface area contributed by atoms with Crippen LogP contribution in [0.4, 0.5) is 5.69 Å². The van der Waals surface area contributed by atoms with Crippen molar-refractivity contribution in [1.29, 1.82) is 0 Å². The molecule has 0 spiro atoms. The fourth-order valence-corrected chi connectivity index (χ4v) is 2.83. The van der Waals surface area contributed by atoms with Gasteiger partial charge in [0.15, 0.2) is 6.10 Å². The molecule has 0 bridgehead atoms. The molecule has 6 nitrogen and oxygen atoms in total.